The van der Waals surface area contributed by atoms with Crippen LogP contribution in [0, 0.1) is 5.41 Å². The topological polar surface area (TPSA) is 0 Å². The quantitative estimate of drug-likeness (QED) is 0.461. The maximum Gasteiger partial charge on any atom is 0.0746 e. The number of hydrogen-bond acceptors (Lipinski definition) is 0. The van der Waals surface area contributed by atoms with Gasteiger partial charge in [-0.2, -0.15) is 0 Å². The molecule has 0 fully saturated rings. The lowest BCUT2D eigenvalue weighted by Crippen LogP contribution is -2.20. The van der Waals surface area contributed by atoms with Gasteiger partial charge in [-0.3, -0.25) is 0 Å². The Morgan fingerprint density at radius 2 is 1.69 bits per heavy atom. The van der Waals surface area contributed by atoms with E-state index in [1.165, 1.54) is 12.5 Å². The summed E-state index contributed by atoms with van der Waals surface area (Å²) >= 11 is 0. The molecule has 0 amide bonds. The summed E-state index contributed by atoms with van der Waals surface area (Å²) in [6.07, 6.45) is 5.83. The average molecular weight is 196 g/mol. The van der Waals surface area contributed by atoms with E-state index in [0.29, 0.717) is 5.41 Å². The smallest absolute Gasteiger partial charge is 0.0746 e. The first-order valence-corrected chi connectivity index (χ1v) is 8.34. The number of rotatable bonds is 4. The maximum absolute atomic E-state index is 3.89. The van der Waals surface area contributed by atoms with E-state index in [9.17, 15) is 0 Å². The first-order chi connectivity index (χ1) is 5.77. The van der Waals surface area contributed by atoms with Crippen LogP contribution in [0.5, 0.6) is 0 Å². The van der Waals surface area contributed by atoms with E-state index in [0.717, 1.165) is 0 Å². The minimum atomic E-state index is -1.10. The first-order valence-electron chi connectivity index (χ1n) is 5.05. The molecule has 0 saturated heterocycles. The van der Waals surface area contributed by atoms with Gasteiger partial charge in [0.25, 0.3) is 0 Å². The second-order valence-corrected chi connectivity index (χ2v) is 10.4. The highest BCUT2D eigenvalue weighted by Crippen LogP contribution is 2.19. The summed E-state index contributed by atoms with van der Waals surface area (Å²) in [6, 6.07) is 1.23. The molecule has 76 valence electrons. The lowest BCUT2D eigenvalue weighted by atomic mass is 9.92. The Morgan fingerprint density at radius 3 is 2.08 bits per heavy atom. The molecule has 0 aromatic heterocycles. The fourth-order valence-electron chi connectivity index (χ4n) is 0.907. The van der Waals surface area contributed by atoms with Gasteiger partial charge in [0.05, 0.1) is 8.07 Å². The third-order valence-electron chi connectivity index (χ3n) is 2.09. The average Bonchev–Trinajstić information content (AvgIpc) is 1.97. The summed E-state index contributed by atoms with van der Waals surface area (Å²) in [7, 11) is -1.10. The van der Waals surface area contributed by atoms with Crippen molar-refractivity contribution in [2.45, 2.75) is 46.3 Å². The van der Waals surface area contributed by atoms with E-state index in [-0.39, 0.29) is 0 Å². The minimum absolute atomic E-state index is 0.427. The number of allylic oxidation sites excluding steroid dienone is 2. The molecule has 0 unspecified atom stereocenters. The van der Waals surface area contributed by atoms with E-state index in [4.69, 9.17) is 0 Å². The van der Waals surface area contributed by atoms with Crippen LogP contribution in [0.1, 0.15) is 27.2 Å². The zero-order chi connectivity index (χ0) is 10.5. The summed E-state index contributed by atoms with van der Waals surface area (Å²) in [4.78, 5) is 0. The Morgan fingerprint density at radius 1 is 1.15 bits per heavy atom. The second kappa shape index (κ2) is 4.80. The summed E-state index contributed by atoms with van der Waals surface area (Å²) in [6.45, 7) is 15.4. The van der Waals surface area contributed by atoms with Crippen LogP contribution in [0.15, 0.2) is 24.4 Å². The fourth-order valence-corrected chi connectivity index (χ4v) is 1.85. The Balaban J connectivity index is 3.83. The molecule has 0 heterocycles. The molecule has 0 nitrogen and oxygen atoms in total. The Bertz CT molecular complexity index is 182. The van der Waals surface area contributed by atoms with Gasteiger partial charge in [-0.1, -0.05) is 46.0 Å². The van der Waals surface area contributed by atoms with Crippen LogP contribution < -0.4 is 0 Å². The van der Waals surface area contributed by atoms with Gasteiger partial charge in [-0.15, -0.1) is 12.3 Å². The van der Waals surface area contributed by atoms with Crippen LogP contribution in [-0.4, -0.2) is 8.07 Å². The van der Waals surface area contributed by atoms with Crippen LogP contribution in [0.3, 0.4) is 0 Å². The maximum atomic E-state index is 3.89. The number of hydrogen-bond donors (Lipinski definition) is 0. The molecule has 0 spiro atoms. The van der Waals surface area contributed by atoms with Gasteiger partial charge in [-0.05, 0) is 17.9 Å². The summed E-state index contributed by atoms with van der Waals surface area (Å²) in [5, 5.41) is 0. The van der Waals surface area contributed by atoms with E-state index in [1.54, 1.807) is 0 Å². The van der Waals surface area contributed by atoms with Gasteiger partial charge in [0.15, 0.2) is 0 Å². The molecule has 0 aliphatic rings. The molecule has 0 saturated carbocycles. The van der Waals surface area contributed by atoms with Crippen molar-refractivity contribution >= 4 is 8.07 Å². The largest absolute Gasteiger partial charge is 0.107 e. The molecule has 0 rings (SSSR count). The van der Waals surface area contributed by atoms with Crippen molar-refractivity contribution in [2.24, 2.45) is 5.41 Å². The minimum Gasteiger partial charge on any atom is -0.107 e. The highest BCUT2D eigenvalue weighted by Gasteiger charge is 2.13. The Labute approximate surface area is 84.8 Å². The van der Waals surface area contributed by atoms with Crippen molar-refractivity contribution in [3.8, 4) is 0 Å². The van der Waals surface area contributed by atoms with Gasteiger partial charge < -0.3 is 0 Å². The molecule has 1 heteroatoms. The first kappa shape index (κ1) is 12.7. The molecule has 0 aromatic carbocycles. The van der Waals surface area contributed by atoms with Crippen molar-refractivity contribution < 1.29 is 0 Å². The van der Waals surface area contributed by atoms with Crippen LogP contribution in [0.4, 0.5) is 0 Å². The molecule has 0 aromatic rings. The second-order valence-electron chi connectivity index (χ2n) is 5.63. The lowest BCUT2D eigenvalue weighted by molar-refractivity contribution is 0.420. The van der Waals surface area contributed by atoms with Crippen LogP contribution >= 0.6 is 0 Å². The lowest BCUT2D eigenvalue weighted by Gasteiger charge is -2.16. The van der Waals surface area contributed by atoms with E-state index in [1.807, 2.05) is 0 Å². The summed E-state index contributed by atoms with van der Waals surface area (Å²) < 4.78 is 0. The fraction of sp³-hybridized carbons (Fsp3) is 0.667. The van der Waals surface area contributed by atoms with Crippen LogP contribution in [0.25, 0.3) is 0 Å². The van der Waals surface area contributed by atoms with Crippen LogP contribution in [-0.2, 0) is 0 Å². The molecule has 0 atom stereocenters. The van der Waals surface area contributed by atoms with Crippen LogP contribution in [0.2, 0.25) is 19.1 Å². The molecule has 0 radical (unpaired) electrons. The SMILES string of the molecule is C=C[Si](C)(C)C/C=C/CC(C)(C)C. The van der Waals surface area contributed by atoms with Gasteiger partial charge in [0, 0.05) is 0 Å². The predicted octanol–water partition coefficient (Wildman–Crippen LogP) is 4.41. The monoisotopic (exact) mass is 196 g/mol. The standard InChI is InChI=1S/C12H24Si/c1-7-13(5,6)11-9-8-10-12(2,3)4/h7-9H,1,10-11H2,2-6H3/b9-8+. The normalized spacial score (nSPS) is 13.6. The van der Waals surface area contributed by atoms with Gasteiger partial charge in [0.2, 0.25) is 0 Å². The molecular weight excluding hydrogens is 172 g/mol. The highest BCUT2D eigenvalue weighted by molar-refractivity contribution is 6.82. The van der Waals surface area contributed by atoms with Gasteiger partial charge in [0.1, 0.15) is 0 Å². The van der Waals surface area contributed by atoms with Crippen molar-refractivity contribution in [3.63, 3.8) is 0 Å². The molecule has 0 aliphatic carbocycles. The van der Waals surface area contributed by atoms with Gasteiger partial charge >= 0.3 is 0 Å². The summed E-state index contributed by atoms with van der Waals surface area (Å²) in [5.74, 6) is 0. The molecule has 0 bridgehead atoms. The van der Waals surface area contributed by atoms with E-state index in [2.05, 4.69) is 58.3 Å². The highest BCUT2D eigenvalue weighted by atomic mass is 28.3. The Kier molecular flexibility index (Phi) is 4.69. The molecule has 13 heavy (non-hydrogen) atoms. The van der Waals surface area contributed by atoms with E-state index >= 15 is 0 Å². The summed E-state index contributed by atoms with van der Waals surface area (Å²) in [5.41, 5.74) is 2.59. The molecular formula is C12H24Si. The van der Waals surface area contributed by atoms with Gasteiger partial charge in [-0.25, -0.2) is 0 Å². The molecule has 0 aliphatic heterocycles. The molecule has 0 N–H and O–H groups in total. The predicted molar refractivity (Wildman–Crippen MR) is 65.7 cm³/mol. The van der Waals surface area contributed by atoms with Crippen molar-refractivity contribution in [1.82, 2.24) is 0 Å². The zero-order valence-electron chi connectivity index (χ0n) is 9.85. The van der Waals surface area contributed by atoms with Crippen molar-refractivity contribution in [3.05, 3.63) is 24.4 Å². The van der Waals surface area contributed by atoms with Crippen molar-refractivity contribution in [1.29, 1.82) is 0 Å². The Hall–Kier alpha value is -0.303. The van der Waals surface area contributed by atoms with Crippen molar-refractivity contribution in [2.75, 3.05) is 0 Å². The third-order valence-corrected chi connectivity index (χ3v) is 4.49. The third kappa shape index (κ3) is 8.04. The zero-order valence-corrected chi connectivity index (χ0v) is 10.9. The van der Waals surface area contributed by atoms with E-state index < -0.39 is 8.07 Å².